The number of anilines is 1. The molecule has 0 bridgehead atoms. The van der Waals surface area contributed by atoms with Crippen LogP contribution in [0.4, 0.5) is 14.5 Å². The zero-order valence-corrected chi connectivity index (χ0v) is 11.0. The summed E-state index contributed by atoms with van der Waals surface area (Å²) in [5.74, 6) is 0. The quantitative estimate of drug-likeness (QED) is 0.797. The van der Waals surface area contributed by atoms with Gasteiger partial charge in [0.2, 0.25) is 5.65 Å². The van der Waals surface area contributed by atoms with Crippen LogP contribution in [0.3, 0.4) is 0 Å². The first-order valence-electron chi connectivity index (χ1n) is 6.16. The maximum atomic E-state index is 12.5. The average Bonchev–Trinajstić information content (AvgIpc) is 2.92. The molecule has 8 heteroatoms. The van der Waals surface area contributed by atoms with Crippen molar-refractivity contribution >= 4 is 16.9 Å². The van der Waals surface area contributed by atoms with E-state index in [-0.39, 0.29) is 5.56 Å². The zero-order valence-electron chi connectivity index (χ0n) is 11.0. The van der Waals surface area contributed by atoms with Crippen molar-refractivity contribution in [2.45, 2.75) is 19.8 Å². The first kappa shape index (κ1) is 13.3. The smallest absolute Gasteiger partial charge is 0.265 e. The average molecular weight is 291 g/mol. The van der Waals surface area contributed by atoms with Gasteiger partial charge in [0.15, 0.2) is 5.52 Å². The van der Waals surface area contributed by atoms with Gasteiger partial charge in [0, 0.05) is 35.1 Å². The summed E-state index contributed by atoms with van der Waals surface area (Å²) in [5.41, 5.74) is 9.10. The Morgan fingerprint density at radius 1 is 1.29 bits per heavy atom. The molecular formula is C13H11F2N5O. The van der Waals surface area contributed by atoms with Crippen LogP contribution in [0.25, 0.3) is 11.2 Å². The summed E-state index contributed by atoms with van der Waals surface area (Å²) in [6.07, 6.45) is -0.996. The minimum atomic E-state index is -2.53. The van der Waals surface area contributed by atoms with Gasteiger partial charge < -0.3 is 5.73 Å². The fraction of sp³-hybridized carbons (Fsp3) is 0.231. The van der Waals surface area contributed by atoms with E-state index in [0.717, 1.165) is 11.8 Å². The molecule has 3 rings (SSSR count). The molecule has 0 fully saturated rings. The molecule has 21 heavy (non-hydrogen) atoms. The van der Waals surface area contributed by atoms with E-state index in [1.807, 2.05) is 0 Å². The van der Waals surface area contributed by atoms with Gasteiger partial charge in [0.25, 0.3) is 6.43 Å². The molecule has 0 aliphatic rings. The normalized spacial score (nSPS) is 11.4. The van der Waals surface area contributed by atoms with Crippen LogP contribution in [-0.2, 0) is 6.42 Å². The number of nitrogen functional groups attached to an aromatic ring is 1. The second kappa shape index (κ2) is 5.04. The van der Waals surface area contributed by atoms with Gasteiger partial charge in [-0.25, -0.2) is 18.4 Å². The number of aromatic nitrogens is 4. The first-order chi connectivity index (χ1) is 10.1. The number of fused-ring (bicyclic) bond motifs is 1. The third-order valence-electron chi connectivity index (χ3n) is 3.22. The fourth-order valence-electron chi connectivity index (χ4n) is 2.06. The summed E-state index contributed by atoms with van der Waals surface area (Å²) in [5, 5.41) is 7.35. The molecule has 0 aromatic carbocycles. The maximum Gasteiger partial charge on any atom is 0.265 e. The van der Waals surface area contributed by atoms with E-state index in [9.17, 15) is 8.78 Å². The van der Waals surface area contributed by atoms with Crippen molar-refractivity contribution in [2.75, 3.05) is 5.73 Å². The van der Waals surface area contributed by atoms with Crippen LogP contribution in [-0.4, -0.2) is 20.3 Å². The van der Waals surface area contributed by atoms with E-state index in [2.05, 4.69) is 24.9 Å². The van der Waals surface area contributed by atoms with Gasteiger partial charge in [0.05, 0.1) is 5.69 Å². The molecule has 108 valence electrons. The van der Waals surface area contributed by atoms with Gasteiger partial charge in [-0.1, -0.05) is 0 Å². The third-order valence-corrected chi connectivity index (χ3v) is 3.22. The highest BCUT2D eigenvalue weighted by atomic mass is 19.3. The van der Waals surface area contributed by atoms with Crippen molar-refractivity contribution < 1.29 is 13.4 Å². The van der Waals surface area contributed by atoms with E-state index in [0.29, 0.717) is 34.7 Å². The van der Waals surface area contributed by atoms with Crippen molar-refractivity contribution in [1.82, 2.24) is 20.3 Å². The predicted octanol–water partition coefficient (Wildman–Crippen LogP) is 2.43. The van der Waals surface area contributed by atoms with Crippen molar-refractivity contribution in [3.8, 4) is 0 Å². The molecule has 6 nitrogen and oxygen atoms in total. The number of aryl methyl sites for hydroxylation is 1. The van der Waals surface area contributed by atoms with Gasteiger partial charge in [-0.15, -0.1) is 0 Å². The van der Waals surface area contributed by atoms with Crippen LogP contribution in [0.15, 0.2) is 23.0 Å². The van der Waals surface area contributed by atoms with Gasteiger partial charge in [0.1, 0.15) is 0 Å². The number of hydrogen-bond acceptors (Lipinski definition) is 6. The Labute approximate surface area is 118 Å². The molecule has 0 atom stereocenters. The van der Waals surface area contributed by atoms with Crippen molar-refractivity contribution in [1.29, 1.82) is 0 Å². The molecule has 0 saturated carbocycles. The minimum absolute atomic E-state index is 0.113. The first-order valence-corrected chi connectivity index (χ1v) is 6.16. The molecule has 0 aliphatic carbocycles. The van der Waals surface area contributed by atoms with Crippen molar-refractivity contribution in [3.63, 3.8) is 0 Å². The van der Waals surface area contributed by atoms with Crippen LogP contribution in [0.2, 0.25) is 0 Å². The Morgan fingerprint density at radius 3 is 2.76 bits per heavy atom. The van der Waals surface area contributed by atoms with Crippen LogP contribution in [0.1, 0.15) is 28.9 Å². The third kappa shape index (κ3) is 2.39. The molecule has 0 radical (unpaired) electrons. The maximum absolute atomic E-state index is 12.5. The molecule has 3 aromatic rings. The standard InChI is InChI=1S/C13H11F2N5O/c1-6-9(10(16)11-13(18-6)20-21-19-11)4-8-3-2-7(5-17-8)12(14)15/h2-3,5,12H,4,16H2,1H3. The fourth-order valence-corrected chi connectivity index (χ4v) is 2.06. The molecule has 0 saturated heterocycles. The molecule has 3 heterocycles. The molecule has 0 spiro atoms. The van der Waals surface area contributed by atoms with E-state index >= 15 is 0 Å². The van der Waals surface area contributed by atoms with Crippen molar-refractivity contribution in [2.24, 2.45) is 0 Å². The van der Waals surface area contributed by atoms with E-state index in [1.54, 1.807) is 13.0 Å². The summed E-state index contributed by atoms with van der Waals surface area (Å²) in [4.78, 5) is 8.27. The van der Waals surface area contributed by atoms with E-state index in [4.69, 9.17) is 5.73 Å². The van der Waals surface area contributed by atoms with Crippen molar-refractivity contribution in [3.05, 3.63) is 40.8 Å². The monoisotopic (exact) mass is 291 g/mol. The summed E-state index contributed by atoms with van der Waals surface area (Å²) in [7, 11) is 0. The summed E-state index contributed by atoms with van der Waals surface area (Å²) < 4.78 is 29.6. The molecule has 0 unspecified atom stereocenters. The highest BCUT2D eigenvalue weighted by molar-refractivity contribution is 5.85. The number of rotatable bonds is 3. The van der Waals surface area contributed by atoms with Gasteiger partial charge in [-0.05, 0) is 29.4 Å². The van der Waals surface area contributed by atoms with Gasteiger partial charge in [-0.2, -0.15) is 0 Å². The highest BCUT2D eigenvalue weighted by Gasteiger charge is 2.15. The van der Waals surface area contributed by atoms with Crippen LogP contribution >= 0.6 is 0 Å². The topological polar surface area (TPSA) is 90.7 Å². The Hall–Kier alpha value is -2.64. The molecular weight excluding hydrogens is 280 g/mol. The molecule has 2 N–H and O–H groups in total. The highest BCUT2D eigenvalue weighted by Crippen LogP contribution is 2.25. The lowest BCUT2D eigenvalue weighted by Gasteiger charge is -2.08. The van der Waals surface area contributed by atoms with Crippen LogP contribution in [0.5, 0.6) is 0 Å². The van der Waals surface area contributed by atoms with Crippen LogP contribution < -0.4 is 5.73 Å². The lowest BCUT2D eigenvalue weighted by Crippen LogP contribution is -2.04. The van der Waals surface area contributed by atoms with E-state index < -0.39 is 6.43 Å². The zero-order chi connectivity index (χ0) is 15.0. The summed E-state index contributed by atoms with van der Waals surface area (Å²) >= 11 is 0. The Morgan fingerprint density at radius 2 is 2.10 bits per heavy atom. The second-order valence-electron chi connectivity index (χ2n) is 4.59. The Bertz CT molecular complexity index is 785. The largest absolute Gasteiger partial charge is 0.396 e. The number of nitrogens with zero attached hydrogens (tertiary/aromatic N) is 4. The Balaban J connectivity index is 1.97. The minimum Gasteiger partial charge on any atom is -0.396 e. The van der Waals surface area contributed by atoms with Gasteiger partial charge >= 0.3 is 0 Å². The number of pyridine rings is 2. The van der Waals surface area contributed by atoms with Crippen LogP contribution in [0, 0.1) is 6.92 Å². The number of nitrogens with two attached hydrogens (primary N) is 1. The number of halogens is 2. The number of hydrogen-bond donors (Lipinski definition) is 1. The molecule has 0 aliphatic heterocycles. The second-order valence-corrected chi connectivity index (χ2v) is 4.59. The van der Waals surface area contributed by atoms with Gasteiger partial charge in [-0.3, -0.25) is 4.98 Å². The molecule has 3 aromatic heterocycles. The predicted molar refractivity (Wildman–Crippen MR) is 70.7 cm³/mol. The molecule has 0 amide bonds. The lowest BCUT2D eigenvalue weighted by molar-refractivity contribution is 0.151. The SMILES string of the molecule is Cc1nc2nonc2c(N)c1Cc1ccc(C(F)F)cn1. The van der Waals surface area contributed by atoms with E-state index in [1.165, 1.54) is 6.07 Å². The summed E-state index contributed by atoms with van der Waals surface area (Å²) in [6, 6.07) is 2.90. The summed E-state index contributed by atoms with van der Waals surface area (Å²) in [6.45, 7) is 1.79. The number of alkyl halides is 2. The Kier molecular flexibility index (Phi) is 3.20. The lowest BCUT2D eigenvalue weighted by atomic mass is 10.0.